The van der Waals surface area contributed by atoms with Crippen molar-refractivity contribution in [1.82, 2.24) is 0 Å². The Balaban J connectivity index is 0.000000980. The summed E-state index contributed by atoms with van der Waals surface area (Å²) in [5.41, 5.74) is 0. The predicted molar refractivity (Wildman–Crippen MR) is 78.6 cm³/mol. The van der Waals surface area contributed by atoms with Gasteiger partial charge in [0.1, 0.15) is 0 Å². The van der Waals surface area contributed by atoms with Gasteiger partial charge in [0, 0.05) is 0 Å². The zero-order valence-corrected chi connectivity index (χ0v) is 13.8. The molecular weight excluding hydrogens is 432 g/mol. The van der Waals surface area contributed by atoms with E-state index in [0.29, 0.717) is 0 Å². The van der Waals surface area contributed by atoms with Crippen LogP contribution in [0.4, 0.5) is 0 Å². The summed E-state index contributed by atoms with van der Waals surface area (Å²) in [6, 6.07) is 21.5. The van der Waals surface area contributed by atoms with Crippen LogP contribution in [0.3, 0.4) is 0 Å². The van der Waals surface area contributed by atoms with Gasteiger partial charge in [-0.2, -0.15) is 0 Å². The molecule has 0 amide bonds. The maximum atomic E-state index is 2.22. The first-order chi connectivity index (χ1) is 6.45. The fourth-order valence-corrected chi connectivity index (χ4v) is 3.56. The Labute approximate surface area is 122 Å². The van der Waals surface area contributed by atoms with Crippen LogP contribution in [0, 0.1) is 0 Å². The average Bonchev–Trinajstić information content (AvgIpc) is 2.21. The second kappa shape index (κ2) is 8.35. The third-order valence-electron chi connectivity index (χ3n) is 1.72. The van der Waals surface area contributed by atoms with Gasteiger partial charge in [-0.3, -0.25) is 0 Å². The van der Waals surface area contributed by atoms with Gasteiger partial charge < -0.3 is 0 Å². The molecule has 2 rings (SSSR count). The fraction of sp³-hybridized carbons (Fsp3) is 0. The van der Waals surface area contributed by atoms with Gasteiger partial charge in [-0.1, -0.05) is 0 Å². The quantitative estimate of drug-likeness (QED) is 0.626. The van der Waals surface area contributed by atoms with Crippen molar-refractivity contribution in [2.24, 2.45) is 0 Å². The van der Waals surface area contributed by atoms with Gasteiger partial charge in [-0.25, -0.2) is 0 Å². The number of hydrogen-bond donors (Lipinski definition) is 0. The van der Waals surface area contributed by atoms with Crippen LogP contribution < -0.4 is 7.22 Å². The molecule has 0 aliphatic rings. The molecule has 79 valence electrons. The first-order valence-corrected chi connectivity index (χ1v) is 6.56. The van der Waals surface area contributed by atoms with E-state index in [2.05, 4.69) is 60.7 Å². The van der Waals surface area contributed by atoms with Crippen molar-refractivity contribution in [1.29, 1.82) is 0 Å². The molecule has 0 fully saturated rings. The SMILES string of the molecule is Br.Br.c1ccc([Te+]c2ccccc2)cc1. The van der Waals surface area contributed by atoms with Crippen LogP contribution in [-0.2, 0) is 0 Å². The van der Waals surface area contributed by atoms with Gasteiger partial charge in [0.25, 0.3) is 0 Å². The molecule has 0 spiro atoms. The first kappa shape index (κ1) is 15.2. The van der Waals surface area contributed by atoms with Crippen molar-refractivity contribution in [2.45, 2.75) is 0 Å². The average molecular weight is 444 g/mol. The molecule has 2 aromatic rings. The monoisotopic (exact) mass is 444 g/mol. The Morgan fingerprint density at radius 3 is 1.20 bits per heavy atom. The molecule has 0 unspecified atom stereocenters. The molecule has 0 nitrogen and oxygen atoms in total. The van der Waals surface area contributed by atoms with Crippen molar-refractivity contribution < 1.29 is 0 Å². The number of rotatable bonds is 2. The van der Waals surface area contributed by atoms with Crippen LogP contribution >= 0.6 is 34.0 Å². The van der Waals surface area contributed by atoms with Crippen molar-refractivity contribution in [2.75, 3.05) is 0 Å². The fourth-order valence-electron chi connectivity index (χ4n) is 1.11. The maximum absolute atomic E-state index is 2.22. The summed E-state index contributed by atoms with van der Waals surface area (Å²) in [6.45, 7) is 0. The van der Waals surface area contributed by atoms with Crippen molar-refractivity contribution in [3.8, 4) is 0 Å². The molecular formula is C12H12Br2Te+. The van der Waals surface area contributed by atoms with E-state index in [-0.39, 0.29) is 54.9 Å². The van der Waals surface area contributed by atoms with Gasteiger partial charge in [0.2, 0.25) is 0 Å². The zero-order chi connectivity index (χ0) is 8.93. The van der Waals surface area contributed by atoms with Gasteiger partial charge in [-0.05, 0) is 0 Å². The summed E-state index contributed by atoms with van der Waals surface area (Å²) >= 11 is -0.153. The summed E-state index contributed by atoms with van der Waals surface area (Å²) in [5, 5.41) is 0. The third kappa shape index (κ3) is 5.17. The molecule has 0 bridgehead atoms. The summed E-state index contributed by atoms with van der Waals surface area (Å²) in [6.07, 6.45) is 0. The van der Waals surface area contributed by atoms with Crippen LogP contribution in [0.15, 0.2) is 60.7 Å². The molecule has 0 aliphatic heterocycles. The van der Waals surface area contributed by atoms with E-state index in [1.165, 1.54) is 7.22 Å². The Hall–Kier alpha value is 0.190. The normalized spacial score (nSPS) is 8.53. The van der Waals surface area contributed by atoms with Crippen LogP contribution in [0.5, 0.6) is 0 Å². The van der Waals surface area contributed by atoms with Crippen LogP contribution in [-0.4, -0.2) is 20.9 Å². The van der Waals surface area contributed by atoms with E-state index < -0.39 is 0 Å². The molecule has 0 saturated carbocycles. The molecule has 1 radical (unpaired) electrons. The zero-order valence-electron chi connectivity index (χ0n) is 8.00. The molecule has 0 N–H and O–H groups in total. The van der Waals surface area contributed by atoms with E-state index in [4.69, 9.17) is 0 Å². The third-order valence-corrected chi connectivity index (χ3v) is 4.62. The van der Waals surface area contributed by atoms with Crippen molar-refractivity contribution in [3.05, 3.63) is 60.7 Å². The van der Waals surface area contributed by atoms with Crippen molar-refractivity contribution in [3.63, 3.8) is 0 Å². The van der Waals surface area contributed by atoms with Gasteiger partial charge in [-0.15, -0.1) is 34.0 Å². The summed E-state index contributed by atoms with van der Waals surface area (Å²) < 4.78 is 3.00. The predicted octanol–water partition coefficient (Wildman–Crippen LogP) is 2.50. The summed E-state index contributed by atoms with van der Waals surface area (Å²) in [4.78, 5) is 0. The molecule has 0 atom stereocenters. The van der Waals surface area contributed by atoms with E-state index in [1.54, 1.807) is 0 Å². The Morgan fingerprint density at radius 2 is 0.867 bits per heavy atom. The van der Waals surface area contributed by atoms with Gasteiger partial charge >= 0.3 is 88.8 Å². The molecule has 0 heterocycles. The van der Waals surface area contributed by atoms with E-state index >= 15 is 0 Å². The van der Waals surface area contributed by atoms with E-state index in [9.17, 15) is 0 Å². The van der Waals surface area contributed by atoms with E-state index in [0.717, 1.165) is 0 Å². The standard InChI is InChI=1S/C12H10Te.2BrH/c1-3-7-11(8-4-1)13-12-9-5-2-6-10-12;;/h1-10H;2*1H/q+1;;. The van der Waals surface area contributed by atoms with Crippen molar-refractivity contribution >= 4 is 62.1 Å². The second-order valence-corrected chi connectivity index (χ2v) is 6.00. The Kier molecular flexibility index (Phi) is 8.46. The minimum atomic E-state index is -0.153. The van der Waals surface area contributed by atoms with Crippen LogP contribution in [0.1, 0.15) is 0 Å². The molecule has 15 heavy (non-hydrogen) atoms. The molecule has 2 aromatic carbocycles. The Bertz CT molecular complexity index is 324. The van der Waals surface area contributed by atoms with Crippen LogP contribution in [0.2, 0.25) is 0 Å². The molecule has 0 aliphatic carbocycles. The first-order valence-electron chi connectivity index (χ1n) is 4.23. The van der Waals surface area contributed by atoms with E-state index in [1.807, 2.05) is 0 Å². The number of halogens is 2. The van der Waals surface area contributed by atoms with Crippen LogP contribution in [0.25, 0.3) is 0 Å². The van der Waals surface area contributed by atoms with Gasteiger partial charge in [0.05, 0.1) is 0 Å². The number of benzene rings is 2. The molecule has 3 heteroatoms. The second-order valence-electron chi connectivity index (χ2n) is 2.73. The van der Waals surface area contributed by atoms with Gasteiger partial charge in [0.15, 0.2) is 0 Å². The Morgan fingerprint density at radius 1 is 0.533 bits per heavy atom. The molecule has 0 saturated heterocycles. The topological polar surface area (TPSA) is 0 Å². The number of hydrogen-bond acceptors (Lipinski definition) is 0. The molecule has 0 aromatic heterocycles. The summed E-state index contributed by atoms with van der Waals surface area (Å²) in [7, 11) is 0. The minimum absolute atomic E-state index is 0. The summed E-state index contributed by atoms with van der Waals surface area (Å²) in [5.74, 6) is 0.